The Kier molecular flexibility index (Phi) is 6.44. The molecule has 2 aromatic rings. The van der Waals surface area contributed by atoms with Gasteiger partial charge in [0.25, 0.3) is 0 Å². The second kappa shape index (κ2) is 9.23. The number of rotatable bonds is 6. The molecule has 2 aliphatic heterocycles. The summed E-state index contributed by atoms with van der Waals surface area (Å²) in [7, 11) is 0. The van der Waals surface area contributed by atoms with E-state index in [1.165, 1.54) is 18.2 Å². The van der Waals surface area contributed by atoms with Crippen LogP contribution >= 0.6 is 0 Å². The Morgan fingerprint density at radius 3 is 2.60 bits per heavy atom. The first-order valence-electron chi connectivity index (χ1n) is 10.7. The van der Waals surface area contributed by atoms with Gasteiger partial charge in [-0.25, -0.2) is 8.78 Å². The van der Waals surface area contributed by atoms with Gasteiger partial charge in [-0.2, -0.15) is 0 Å². The van der Waals surface area contributed by atoms with Crippen LogP contribution in [-0.2, 0) is 21.5 Å². The Hall–Kier alpha value is -2.31. The van der Waals surface area contributed by atoms with Crippen LogP contribution in [0.4, 0.5) is 8.78 Å². The standard InChI is InChI=1S/C24H28F2N2O2/c25-20-8-6-18(7-9-20)16-28-12-2-5-22(28)23(29)27-17-24(10-13-30-14-11-24)19-3-1-4-21(26)15-19/h1,3-4,6-9,15,22H,2,5,10-14,16-17H2,(H,27,29). The predicted molar refractivity (Wildman–Crippen MR) is 111 cm³/mol. The molecule has 1 unspecified atom stereocenters. The van der Waals surface area contributed by atoms with Crippen molar-refractivity contribution in [2.75, 3.05) is 26.3 Å². The molecule has 2 saturated heterocycles. The molecular weight excluding hydrogens is 386 g/mol. The molecule has 1 amide bonds. The Morgan fingerprint density at radius 1 is 1.10 bits per heavy atom. The van der Waals surface area contributed by atoms with Crippen LogP contribution in [0.3, 0.4) is 0 Å². The quantitative estimate of drug-likeness (QED) is 0.782. The maximum absolute atomic E-state index is 13.9. The molecule has 1 atom stereocenters. The van der Waals surface area contributed by atoms with Gasteiger partial charge in [0.1, 0.15) is 11.6 Å². The Labute approximate surface area is 176 Å². The highest BCUT2D eigenvalue weighted by molar-refractivity contribution is 5.82. The molecule has 0 bridgehead atoms. The minimum absolute atomic E-state index is 0.0110. The van der Waals surface area contributed by atoms with Gasteiger partial charge in [0.2, 0.25) is 5.91 Å². The Balaban J connectivity index is 1.43. The number of nitrogens with zero attached hydrogens (tertiary/aromatic N) is 1. The second-order valence-corrected chi connectivity index (χ2v) is 8.38. The van der Waals surface area contributed by atoms with E-state index < -0.39 is 0 Å². The summed E-state index contributed by atoms with van der Waals surface area (Å²) >= 11 is 0. The number of benzene rings is 2. The number of halogens is 2. The lowest BCUT2D eigenvalue weighted by Gasteiger charge is -2.38. The lowest BCUT2D eigenvalue weighted by Crippen LogP contribution is -2.49. The summed E-state index contributed by atoms with van der Waals surface area (Å²) in [4.78, 5) is 15.2. The number of amides is 1. The molecule has 0 spiro atoms. The molecule has 2 fully saturated rings. The van der Waals surface area contributed by atoms with Gasteiger partial charge in [0.15, 0.2) is 0 Å². The normalized spacial score (nSPS) is 21.5. The monoisotopic (exact) mass is 414 g/mol. The second-order valence-electron chi connectivity index (χ2n) is 8.38. The van der Waals surface area contributed by atoms with Crippen LogP contribution in [0.5, 0.6) is 0 Å². The van der Waals surface area contributed by atoms with E-state index in [4.69, 9.17) is 4.74 Å². The van der Waals surface area contributed by atoms with E-state index in [0.29, 0.717) is 26.3 Å². The maximum atomic E-state index is 13.9. The minimum Gasteiger partial charge on any atom is -0.381 e. The Morgan fingerprint density at radius 2 is 1.87 bits per heavy atom. The number of hydrogen-bond donors (Lipinski definition) is 1. The van der Waals surface area contributed by atoms with Gasteiger partial charge in [-0.05, 0) is 67.6 Å². The first-order valence-corrected chi connectivity index (χ1v) is 10.7. The van der Waals surface area contributed by atoms with Crippen molar-refractivity contribution in [2.24, 2.45) is 0 Å². The highest BCUT2D eigenvalue weighted by Gasteiger charge is 2.37. The molecule has 160 valence electrons. The van der Waals surface area contributed by atoms with Crippen molar-refractivity contribution < 1.29 is 18.3 Å². The van der Waals surface area contributed by atoms with E-state index in [1.807, 2.05) is 6.07 Å². The molecule has 0 aromatic heterocycles. The maximum Gasteiger partial charge on any atom is 0.237 e. The molecule has 2 heterocycles. The third kappa shape index (κ3) is 4.71. The lowest BCUT2D eigenvalue weighted by atomic mass is 9.74. The zero-order chi connectivity index (χ0) is 21.0. The predicted octanol–water partition coefficient (Wildman–Crippen LogP) is 3.79. The summed E-state index contributed by atoms with van der Waals surface area (Å²) in [6.45, 7) is 3.15. The number of carbonyl (C=O) groups excluding carboxylic acids is 1. The number of nitrogens with one attached hydrogen (secondary N) is 1. The summed E-state index contributed by atoms with van der Waals surface area (Å²) in [5.74, 6) is -0.503. The van der Waals surface area contributed by atoms with Crippen molar-refractivity contribution in [1.29, 1.82) is 0 Å². The van der Waals surface area contributed by atoms with Crippen LogP contribution in [0.25, 0.3) is 0 Å². The van der Waals surface area contributed by atoms with Gasteiger partial charge < -0.3 is 10.1 Å². The molecule has 1 N–H and O–H groups in total. The van der Waals surface area contributed by atoms with Crippen LogP contribution < -0.4 is 5.32 Å². The van der Waals surface area contributed by atoms with Crippen LogP contribution in [0.15, 0.2) is 48.5 Å². The van der Waals surface area contributed by atoms with E-state index in [-0.39, 0.29) is 29.0 Å². The van der Waals surface area contributed by atoms with Gasteiger partial charge in [0.05, 0.1) is 6.04 Å². The third-order valence-corrected chi connectivity index (χ3v) is 6.45. The highest BCUT2D eigenvalue weighted by Crippen LogP contribution is 2.35. The number of carbonyl (C=O) groups is 1. The van der Waals surface area contributed by atoms with Crippen molar-refractivity contribution in [1.82, 2.24) is 10.2 Å². The van der Waals surface area contributed by atoms with Crippen molar-refractivity contribution in [3.63, 3.8) is 0 Å². The van der Waals surface area contributed by atoms with E-state index in [1.54, 1.807) is 24.3 Å². The zero-order valence-electron chi connectivity index (χ0n) is 17.1. The fraction of sp³-hybridized carbons (Fsp3) is 0.458. The van der Waals surface area contributed by atoms with Gasteiger partial charge in [-0.15, -0.1) is 0 Å². The molecule has 0 saturated carbocycles. The third-order valence-electron chi connectivity index (χ3n) is 6.45. The summed E-state index contributed by atoms with van der Waals surface area (Å²) in [5, 5.41) is 3.16. The summed E-state index contributed by atoms with van der Waals surface area (Å²) < 4.78 is 32.6. The molecular formula is C24H28F2N2O2. The average molecular weight is 414 g/mol. The zero-order valence-corrected chi connectivity index (χ0v) is 17.1. The summed E-state index contributed by atoms with van der Waals surface area (Å²) in [6, 6.07) is 12.9. The van der Waals surface area contributed by atoms with Crippen molar-refractivity contribution in [3.8, 4) is 0 Å². The van der Waals surface area contributed by atoms with E-state index in [2.05, 4.69) is 10.2 Å². The summed E-state index contributed by atoms with van der Waals surface area (Å²) in [6.07, 6.45) is 3.27. The molecule has 4 rings (SSSR count). The number of hydrogen-bond acceptors (Lipinski definition) is 3. The van der Waals surface area contributed by atoms with Crippen molar-refractivity contribution >= 4 is 5.91 Å². The van der Waals surface area contributed by atoms with Gasteiger partial charge in [-0.3, -0.25) is 9.69 Å². The van der Waals surface area contributed by atoms with E-state index >= 15 is 0 Å². The SMILES string of the molecule is O=C(NCC1(c2cccc(F)c2)CCOCC1)C1CCCN1Cc1ccc(F)cc1. The van der Waals surface area contributed by atoms with Crippen LogP contribution in [0, 0.1) is 11.6 Å². The molecule has 2 aromatic carbocycles. The Bertz CT molecular complexity index is 866. The largest absolute Gasteiger partial charge is 0.381 e. The van der Waals surface area contributed by atoms with Crippen molar-refractivity contribution in [2.45, 2.75) is 43.7 Å². The van der Waals surface area contributed by atoms with Crippen LogP contribution in [0.1, 0.15) is 36.8 Å². The van der Waals surface area contributed by atoms with Crippen LogP contribution in [0.2, 0.25) is 0 Å². The molecule has 0 aliphatic carbocycles. The first-order chi connectivity index (χ1) is 14.6. The lowest BCUT2D eigenvalue weighted by molar-refractivity contribution is -0.126. The van der Waals surface area contributed by atoms with Gasteiger partial charge in [-0.1, -0.05) is 24.3 Å². The molecule has 2 aliphatic rings. The molecule has 6 heteroatoms. The summed E-state index contributed by atoms with van der Waals surface area (Å²) in [5.41, 5.74) is 1.61. The minimum atomic E-state index is -0.309. The number of likely N-dealkylation sites (tertiary alicyclic amines) is 1. The van der Waals surface area contributed by atoms with Crippen LogP contribution in [-0.4, -0.2) is 43.2 Å². The highest BCUT2D eigenvalue weighted by atomic mass is 19.1. The van der Waals surface area contributed by atoms with Gasteiger partial charge in [0, 0.05) is 31.7 Å². The van der Waals surface area contributed by atoms with Gasteiger partial charge >= 0.3 is 0 Å². The number of ether oxygens (including phenoxy) is 1. The molecule has 0 radical (unpaired) electrons. The van der Waals surface area contributed by atoms with E-state index in [0.717, 1.165) is 43.4 Å². The fourth-order valence-electron chi connectivity index (χ4n) is 4.66. The first kappa shape index (κ1) is 20.9. The average Bonchev–Trinajstić information content (AvgIpc) is 3.22. The molecule has 4 nitrogen and oxygen atoms in total. The molecule has 30 heavy (non-hydrogen) atoms. The van der Waals surface area contributed by atoms with E-state index in [9.17, 15) is 13.6 Å². The fourth-order valence-corrected chi connectivity index (χ4v) is 4.66. The van der Waals surface area contributed by atoms with Crippen molar-refractivity contribution in [3.05, 3.63) is 71.3 Å². The topological polar surface area (TPSA) is 41.6 Å². The smallest absolute Gasteiger partial charge is 0.237 e.